The van der Waals surface area contributed by atoms with E-state index in [1.165, 1.54) is 7.11 Å². The van der Waals surface area contributed by atoms with Crippen LogP contribution in [0, 0.1) is 5.92 Å². The largest absolute Gasteiger partial charge is 0.496 e. The van der Waals surface area contributed by atoms with E-state index in [0.717, 1.165) is 6.42 Å². The first kappa shape index (κ1) is 13.4. The van der Waals surface area contributed by atoms with Crippen molar-refractivity contribution < 1.29 is 14.3 Å². The molecule has 1 atom stereocenters. The molecule has 0 amide bonds. The molecule has 4 nitrogen and oxygen atoms in total. The van der Waals surface area contributed by atoms with E-state index in [9.17, 15) is 4.79 Å². The van der Waals surface area contributed by atoms with Crippen molar-refractivity contribution in [1.82, 2.24) is 0 Å². The van der Waals surface area contributed by atoms with Gasteiger partial charge in [0.2, 0.25) is 0 Å². The van der Waals surface area contributed by atoms with Gasteiger partial charge in [-0.2, -0.15) is 0 Å². The molecule has 0 bridgehead atoms. The van der Waals surface area contributed by atoms with Crippen LogP contribution in [0.2, 0.25) is 0 Å². The Morgan fingerprint density at radius 3 is 2.76 bits per heavy atom. The maximum Gasteiger partial charge on any atom is 0.344 e. The van der Waals surface area contributed by atoms with Crippen LogP contribution < -0.4 is 10.5 Å². The SMILES string of the molecule is CCC(C)COC(=O)c1c(N)cccc1OC. The fraction of sp³-hybridized carbons (Fsp3) is 0.462. The van der Waals surface area contributed by atoms with E-state index in [2.05, 4.69) is 6.92 Å². The summed E-state index contributed by atoms with van der Waals surface area (Å²) in [5.74, 6) is 0.356. The molecule has 1 aromatic carbocycles. The molecule has 0 radical (unpaired) electrons. The lowest BCUT2D eigenvalue weighted by atomic mass is 10.1. The topological polar surface area (TPSA) is 61.5 Å². The fourth-order valence-corrected chi connectivity index (χ4v) is 1.34. The van der Waals surface area contributed by atoms with Crippen LogP contribution in [0.4, 0.5) is 5.69 Å². The number of rotatable bonds is 5. The van der Waals surface area contributed by atoms with E-state index < -0.39 is 5.97 Å². The molecule has 94 valence electrons. The Hall–Kier alpha value is -1.71. The third-order valence-electron chi connectivity index (χ3n) is 2.68. The first-order valence-corrected chi connectivity index (χ1v) is 5.69. The highest BCUT2D eigenvalue weighted by Gasteiger charge is 2.17. The van der Waals surface area contributed by atoms with Crippen molar-refractivity contribution in [3.05, 3.63) is 23.8 Å². The Balaban J connectivity index is 2.81. The highest BCUT2D eigenvalue weighted by molar-refractivity contribution is 5.98. The van der Waals surface area contributed by atoms with Gasteiger partial charge in [-0.1, -0.05) is 26.3 Å². The van der Waals surface area contributed by atoms with Gasteiger partial charge >= 0.3 is 5.97 Å². The molecule has 0 aromatic heterocycles. The second-order valence-corrected chi connectivity index (χ2v) is 4.04. The molecule has 2 N–H and O–H groups in total. The van der Waals surface area contributed by atoms with Crippen LogP contribution in [0.1, 0.15) is 30.6 Å². The Kier molecular flexibility index (Phi) is 4.82. The molecule has 1 aromatic rings. The minimum Gasteiger partial charge on any atom is -0.496 e. The highest BCUT2D eigenvalue weighted by Crippen LogP contribution is 2.25. The summed E-state index contributed by atoms with van der Waals surface area (Å²) in [6.45, 7) is 4.47. The van der Waals surface area contributed by atoms with E-state index >= 15 is 0 Å². The van der Waals surface area contributed by atoms with Crippen molar-refractivity contribution in [3.63, 3.8) is 0 Å². The molecule has 0 saturated heterocycles. The first-order valence-electron chi connectivity index (χ1n) is 5.69. The van der Waals surface area contributed by atoms with Crippen molar-refractivity contribution in [2.45, 2.75) is 20.3 Å². The average Bonchev–Trinajstić information content (AvgIpc) is 2.34. The minimum absolute atomic E-state index is 0.304. The number of esters is 1. The van der Waals surface area contributed by atoms with E-state index in [0.29, 0.717) is 29.5 Å². The molecule has 0 fully saturated rings. The van der Waals surface area contributed by atoms with Crippen molar-refractivity contribution in [2.24, 2.45) is 5.92 Å². The Bertz CT molecular complexity index is 390. The fourth-order valence-electron chi connectivity index (χ4n) is 1.34. The van der Waals surface area contributed by atoms with Crippen molar-refractivity contribution in [3.8, 4) is 5.75 Å². The molecular formula is C13H19NO3. The number of ether oxygens (including phenoxy) is 2. The van der Waals surface area contributed by atoms with Crippen molar-refractivity contribution in [2.75, 3.05) is 19.5 Å². The van der Waals surface area contributed by atoms with Gasteiger partial charge in [-0.3, -0.25) is 0 Å². The van der Waals surface area contributed by atoms with Crippen LogP contribution in [-0.4, -0.2) is 19.7 Å². The summed E-state index contributed by atoms with van der Waals surface area (Å²) in [7, 11) is 1.50. The number of benzene rings is 1. The molecule has 0 heterocycles. The Morgan fingerprint density at radius 2 is 2.18 bits per heavy atom. The molecule has 0 aliphatic carbocycles. The third kappa shape index (κ3) is 3.37. The molecule has 1 rings (SSSR count). The summed E-state index contributed by atoms with van der Waals surface area (Å²) in [6, 6.07) is 5.08. The number of anilines is 1. The Morgan fingerprint density at radius 1 is 1.47 bits per heavy atom. The number of carbonyl (C=O) groups excluding carboxylic acids is 1. The molecule has 0 saturated carbocycles. The summed E-state index contributed by atoms with van der Waals surface area (Å²) in [5.41, 5.74) is 6.43. The van der Waals surface area contributed by atoms with Gasteiger partial charge in [0.1, 0.15) is 11.3 Å². The molecule has 0 spiro atoms. The minimum atomic E-state index is -0.430. The molecular weight excluding hydrogens is 218 g/mol. The second-order valence-electron chi connectivity index (χ2n) is 4.04. The lowest BCUT2D eigenvalue weighted by Gasteiger charge is -2.13. The van der Waals surface area contributed by atoms with Crippen molar-refractivity contribution in [1.29, 1.82) is 0 Å². The summed E-state index contributed by atoms with van der Waals surface area (Å²) < 4.78 is 10.3. The summed E-state index contributed by atoms with van der Waals surface area (Å²) in [6.07, 6.45) is 0.967. The zero-order chi connectivity index (χ0) is 12.8. The predicted octanol–water partition coefficient (Wildman–Crippen LogP) is 2.48. The first-order chi connectivity index (χ1) is 8.10. The Labute approximate surface area is 102 Å². The maximum absolute atomic E-state index is 11.9. The summed E-state index contributed by atoms with van der Waals surface area (Å²) in [4.78, 5) is 11.9. The van der Waals surface area contributed by atoms with E-state index in [1.807, 2.05) is 6.92 Å². The van der Waals surface area contributed by atoms with Gasteiger partial charge in [0, 0.05) is 5.69 Å². The van der Waals surface area contributed by atoms with Crippen LogP contribution in [0.5, 0.6) is 5.75 Å². The van der Waals surface area contributed by atoms with Gasteiger partial charge < -0.3 is 15.2 Å². The quantitative estimate of drug-likeness (QED) is 0.631. The van der Waals surface area contributed by atoms with Gasteiger partial charge in [-0.25, -0.2) is 4.79 Å². The average molecular weight is 237 g/mol. The molecule has 0 aliphatic rings. The number of carbonyl (C=O) groups is 1. The zero-order valence-corrected chi connectivity index (χ0v) is 10.5. The number of nitrogen functional groups attached to an aromatic ring is 1. The third-order valence-corrected chi connectivity index (χ3v) is 2.68. The molecule has 1 unspecified atom stereocenters. The number of methoxy groups -OCH3 is 1. The number of nitrogens with two attached hydrogens (primary N) is 1. The van der Waals surface area contributed by atoms with E-state index in [-0.39, 0.29) is 0 Å². The molecule has 4 heteroatoms. The van der Waals surface area contributed by atoms with Crippen LogP contribution >= 0.6 is 0 Å². The van der Waals surface area contributed by atoms with Crippen molar-refractivity contribution >= 4 is 11.7 Å². The standard InChI is InChI=1S/C13H19NO3/c1-4-9(2)8-17-13(15)12-10(14)6-5-7-11(12)16-3/h5-7,9H,4,8,14H2,1-3H3. The van der Waals surface area contributed by atoms with Gasteiger partial charge in [-0.15, -0.1) is 0 Å². The smallest absolute Gasteiger partial charge is 0.344 e. The van der Waals surface area contributed by atoms with Crippen LogP contribution in [-0.2, 0) is 4.74 Å². The van der Waals surface area contributed by atoms with Crippen LogP contribution in [0.3, 0.4) is 0 Å². The lowest BCUT2D eigenvalue weighted by Crippen LogP contribution is -2.14. The number of hydrogen-bond acceptors (Lipinski definition) is 4. The van der Waals surface area contributed by atoms with E-state index in [4.69, 9.17) is 15.2 Å². The summed E-state index contributed by atoms with van der Waals surface area (Å²) >= 11 is 0. The highest BCUT2D eigenvalue weighted by atomic mass is 16.5. The van der Waals surface area contributed by atoms with Crippen LogP contribution in [0.15, 0.2) is 18.2 Å². The van der Waals surface area contributed by atoms with E-state index in [1.54, 1.807) is 18.2 Å². The maximum atomic E-state index is 11.9. The van der Waals surface area contributed by atoms with Gasteiger partial charge in [0.25, 0.3) is 0 Å². The lowest BCUT2D eigenvalue weighted by molar-refractivity contribution is 0.0445. The predicted molar refractivity (Wildman–Crippen MR) is 67.1 cm³/mol. The summed E-state index contributed by atoms with van der Waals surface area (Å²) in [5, 5.41) is 0. The number of hydrogen-bond donors (Lipinski definition) is 1. The zero-order valence-electron chi connectivity index (χ0n) is 10.5. The van der Waals surface area contributed by atoms with Gasteiger partial charge in [0.05, 0.1) is 13.7 Å². The molecule has 17 heavy (non-hydrogen) atoms. The van der Waals surface area contributed by atoms with Crippen LogP contribution in [0.25, 0.3) is 0 Å². The molecule has 0 aliphatic heterocycles. The normalized spacial score (nSPS) is 11.9. The van der Waals surface area contributed by atoms with Gasteiger partial charge in [0.15, 0.2) is 0 Å². The second kappa shape index (κ2) is 6.13. The monoisotopic (exact) mass is 237 g/mol. The van der Waals surface area contributed by atoms with Gasteiger partial charge in [-0.05, 0) is 18.1 Å².